The molecule has 0 fully saturated rings. The van der Waals surface area contributed by atoms with Crippen molar-refractivity contribution in [3.05, 3.63) is 54.1 Å². The molecular weight excluding hydrogens is 388 g/mol. The third-order valence-electron chi connectivity index (χ3n) is 3.54. The van der Waals surface area contributed by atoms with Gasteiger partial charge in [-0.25, -0.2) is 4.79 Å². The SMILES string of the molecule is COc1ccccc1NC(=O)COC(=O)/C=C/c1ccc(OC(F)F)c(OC)c1. The maximum absolute atomic E-state index is 12.3. The maximum atomic E-state index is 12.3. The number of hydrogen-bond acceptors (Lipinski definition) is 6. The lowest BCUT2D eigenvalue weighted by Crippen LogP contribution is -2.20. The summed E-state index contributed by atoms with van der Waals surface area (Å²) in [7, 11) is 2.77. The summed E-state index contributed by atoms with van der Waals surface area (Å²) < 4.78 is 43.9. The molecule has 0 aliphatic carbocycles. The highest BCUT2D eigenvalue weighted by Gasteiger charge is 2.11. The summed E-state index contributed by atoms with van der Waals surface area (Å²) in [6, 6.07) is 11.0. The van der Waals surface area contributed by atoms with Crippen LogP contribution in [0.5, 0.6) is 17.2 Å². The molecule has 0 bridgehead atoms. The van der Waals surface area contributed by atoms with Gasteiger partial charge in [0.25, 0.3) is 5.91 Å². The number of rotatable bonds is 9. The van der Waals surface area contributed by atoms with Gasteiger partial charge in [0.05, 0.1) is 19.9 Å². The number of alkyl halides is 2. The van der Waals surface area contributed by atoms with Crippen molar-refractivity contribution in [2.75, 3.05) is 26.1 Å². The van der Waals surface area contributed by atoms with Gasteiger partial charge in [0.15, 0.2) is 18.1 Å². The second-order valence-electron chi connectivity index (χ2n) is 5.48. The van der Waals surface area contributed by atoms with Crippen LogP contribution in [0.15, 0.2) is 48.5 Å². The Morgan fingerprint density at radius 2 is 1.76 bits per heavy atom. The second kappa shape index (κ2) is 10.6. The molecule has 0 atom stereocenters. The van der Waals surface area contributed by atoms with E-state index in [2.05, 4.69) is 10.1 Å². The first-order valence-corrected chi connectivity index (χ1v) is 8.33. The van der Waals surface area contributed by atoms with Gasteiger partial charge in [-0.2, -0.15) is 8.78 Å². The van der Waals surface area contributed by atoms with Crippen LogP contribution in [0.2, 0.25) is 0 Å². The van der Waals surface area contributed by atoms with Gasteiger partial charge in [0.2, 0.25) is 0 Å². The molecule has 0 unspecified atom stereocenters. The van der Waals surface area contributed by atoms with E-state index in [9.17, 15) is 18.4 Å². The molecule has 0 spiro atoms. The number of carbonyl (C=O) groups excluding carboxylic acids is 2. The second-order valence-corrected chi connectivity index (χ2v) is 5.48. The minimum atomic E-state index is -2.98. The monoisotopic (exact) mass is 407 g/mol. The number of halogens is 2. The van der Waals surface area contributed by atoms with E-state index in [1.165, 1.54) is 38.5 Å². The predicted molar refractivity (Wildman–Crippen MR) is 101 cm³/mol. The summed E-state index contributed by atoms with van der Waals surface area (Å²) in [5.74, 6) is -0.869. The Morgan fingerprint density at radius 1 is 1.03 bits per heavy atom. The molecule has 2 aromatic rings. The fourth-order valence-electron chi connectivity index (χ4n) is 2.26. The van der Waals surface area contributed by atoms with Gasteiger partial charge in [0.1, 0.15) is 5.75 Å². The van der Waals surface area contributed by atoms with Crippen LogP contribution in [0.3, 0.4) is 0 Å². The van der Waals surface area contributed by atoms with E-state index in [4.69, 9.17) is 14.2 Å². The smallest absolute Gasteiger partial charge is 0.387 e. The molecule has 0 radical (unpaired) electrons. The summed E-state index contributed by atoms with van der Waals surface area (Å²) in [6.07, 6.45) is 2.48. The zero-order valence-electron chi connectivity index (χ0n) is 15.7. The molecule has 0 saturated heterocycles. The first-order chi connectivity index (χ1) is 13.9. The lowest BCUT2D eigenvalue weighted by molar-refractivity contribution is -0.142. The van der Waals surface area contributed by atoms with Gasteiger partial charge in [-0.05, 0) is 35.9 Å². The van der Waals surface area contributed by atoms with Crippen molar-refractivity contribution in [3.63, 3.8) is 0 Å². The number of para-hydroxylation sites is 2. The van der Waals surface area contributed by atoms with Gasteiger partial charge in [-0.3, -0.25) is 4.79 Å². The Morgan fingerprint density at radius 3 is 2.45 bits per heavy atom. The van der Waals surface area contributed by atoms with Crippen molar-refractivity contribution in [1.82, 2.24) is 0 Å². The molecule has 0 saturated carbocycles. The molecule has 9 heteroatoms. The fraction of sp³-hybridized carbons (Fsp3) is 0.200. The molecule has 0 aromatic heterocycles. The summed E-state index contributed by atoms with van der Waals surface area (Å²) in [5, 5.41) is 2.57. The number of anilines is 1. The largest absolute Gasteiger partial charge is 0.495 e. The quantitative estimate of drug-likeness (QED) is 0.506. The Labute approximate surface area is 165 Å². The van der Waals surface area contributed by atoms with Crippen molar-refractivity contribution in [3.8, 4) is 17.2 Å². The number of carbonyl (C=O) groups is 2. The van der Waals surface area contributed by atoms with E-state index in [0.29, 0.717) is 17.0 Å². The predicted octanol–water partition coefficient (Wildman–Crippen LogP) is 3.50. The third-order valence-corrected chi connectivity index (χ3v) is 3.54. The van der Waals surface area contributed by atoms with Gasteiger partial charge in [0, 0.05) is 6.08 Å². The lowest BCUT2D eigenvalue weighted by atomic mass is 10.2. The molecule has 0 aliphatic rings. The van der Waals surface area contributed by atoms with E-state index in [1.807, 2.05) is 0 Å². The Bertz CT molecular complexity index is 885. The highest BCUT2D eigenvalue weighted by Crippen LogP contribution is 2.29. The molecule has 0 heterocycles. The molecule has 7 nitrogen and oxygen atoms in total. The average molecular weight is 407 g/mol. The number of benzene rings is 2. The molecule has 2 aromatic carbocycles. The number of methoxy groups -OCH3 is 2. The lowest BCUT2D eigenvalue weighted by Gasteiger charge is -2.10. The van der Waals surface area contributed by atoms with Crippen molar-refractivity contribution >= 4 is 23.6 Å². The van der Waals surface area contributed by atoms with Crippen LogP contribution in [0.1, 0.15) is 5.56 Å². The molecule has 0 aliphatic heterocycles. The normalized spacial score (nSPS) is 10.7. The molecule has 1 N–H and O–H groups in total. The van der Waals surface area contributed by atoms with Gasteiger partial charge in [-0.1, -0.05) is 18.2 Å². The Kier molecular flexibility index (Phi) is 7.96. The average Bonchev–Trinajstić information content (AvgIpc) is 2.71. The van der Waals surface area contributed by atoms with Crippen molar-refractivity contribution in [2.45, 2.75) is 6.61 Å². The summed E-state index contributed by atoms with van der Waals surface area (Å²) in [4.78, 5) is 23.7. The molecule has 29 heavy (non-hydrogen) atoms. The molecule has 154 valence electrons. The zero-order valence-corrected chi connectivity index (χ0v) is 15.7. The van der Waals surface area contributed by atoms with Crippen LogP contribution in [0, 0.1) is 0 Å². The first kappa shape index (κ1) is 21.7. The molecule has 1 amide bonds. The van der Waals surface area contributed by atoms with Crippen LogP contribution < -0.4 is 19.5 Å². The van der Waals surface area contributed by atoms with Gasteiger partial charge in [-0.15, -0.1) is 0 Å². The van der Waals surface area contributed by atoms with Crippen LogP contribution >= 0.6 is 0 Å². The number of esters is 1. The maximum Gasteiger partial charge on any atom is 0.387 e. The van der Waals surface area contributed by atoms with Crippen molar-refractivity contribution in [2.24, 2.45) is 0 Å². The number of amides is 1. The highest BCUT2D eigenvalue weighted by atomic mass is 19.3. The topological polar surface area (TPSA) is 83.1 Å². The Balaban J connectivity index is 1.90. The minimum Gasteiger partial charge on any atom is -0.495 e. The fourth-order valence-corrected chi connectivity index (χ4v) is 2.26. The molecular formula is C20H19F2NO6. The van der Waals surface area contributed by atoms with Crippen LogP contribution in [-0.2, 0) is 14.3 Å². The summed E-state index contributed by atoms with van der Waals surface area (Å²) >= 11 is 0. The summed E-state index contributed by atoms with van der Waals surface area (Å²) in [5.41, 5.74) is 0.934. The van der Waals surface area contributed by atoms with E-state index in [1.54, 1.807) is 24.3 Å². The van der Waals surface area contributed by atoms with Gasteiger partial charge >= 0.3 is 12.6 Å². The molecule has 2 rings (SSSR count). The van der Waals surface area contributed by atoms with Gasteiger partial charge < -0.3 is 24.3 Å². The van der Waals surface area contributed by atoms with E-state index in [0.717, 1.165) is 6.08 Å². The van der Waals surface area contributed by atoms with E-state index >= 15 is 0 Å². The third kappa shape index (κ3) is 6.80. The van der Waals surface area contributed by atoms with E-state index in [-0.39, 0.29) is 11.5 Å². The number of hydrogen-bond donors (Lipinski definition) is 1. The van der Waals surface area contributed by atoms with Crippen molar-refractivity contribution < 1.29 is 37.3 Å². The summed E-state index contributed by atoms with van der Waals surface area (Å²) in [6.45, 7) is -3.48. The number of nitrogens with one attached hydrogen (secondary N) is 1. The Hall–Kier alpha value is -3.62. The van der Waals surface area contributed by atoms with Crippen LogP contribution in [0.25, 0.3) is 6.08 Å². The zero-order chi connectivity index (χ0) is 21.2. The van der Waals surface area contributed by atoms with Crippen LogP contribution in [0.4, 0.5) is 14.5 Å². The standard InChI is InChI=1S/C20H19F2NO6/c1-26-15-6-4-3-5-14(15)23-18(24)12-28-19(25)10-8-13-7-9-16(29-20(21)22)17(11-13)27-2/h3-11,20H,12H2,1-2H3,(H,23,24)/b10-8+. The van der Waals surface area contributed by atoms with E-state index < -0.39 is 25.1 Å². The first-order valence-electron chi connectivity index (χ1n) is 8.33. The van der Waals surface area contributed by atoms with Crippen molar-refractivity contribution in [1.29, 1.82) is 0 Å². The van der Waals surface area contributed by atoms with Crippen LogP contribution in [-0.4, -0.2) is 39.3 Å². The minimum absolute atomic E-state index is 0.0806. The highest BCUT2D eigenvalue weighted by molar-refractivity contribution is 5.95. The number of ether oxygens (including phenoxy) is 4.